The lowest BCUT2D eigenvalue weighted by molar-refractivity contribution is -0.136. The number of carboxylic acid groups (broad SMARTS) is 1. The molecule has 0 aromatic carbocycles. The third-order valence-electron chi connectivity index (χ3n) is 2.15. The van der Waals surface area contributed by atoms with Crippen molar-refractivity contribution in [3.63, 3.8) is 0 Å². The summed E-state index contributed by atoms with van der Waals surface area (Å²) in [5.74, 6) is -0.854. The molecule has 88 valence electrons. The van der Waals surface area contributed by atoms with Crippen molar-refractivity contribution in [3.8, 4) is 10.7 Å². The third-order valence-corrected chi connectivity index (χ3v) is 3.55. The van der Waals surface area contributed by atoms with Crippen LogP contribution < -0.4 is 0 Å². The summed E-state index contributed by atoms with van der Waals surface area (Å²) in [6, 6.07) is 3.50. The Morgan fingerprint density at radius 2 is 2.29 bits per heavy atom. The zero-order chi connectivity index (χ0) is 12.4. The van der Waals surface area contributed by atoms with Gasteiger partial charge in [0.2, 0.25) is 0 Å². The highest BCUT2D eigenvalue weighted by molar-refractivity contribution is 7.15. The molecule has 1 N–H and O–H groups in total. The lowest BCUT2D eigenvalue weighted by Crippen LogP contribution is -1.99. The predicted octanol–water partition coefficient (Wildman–Crippen LogP) is 2.79. The highest BCUT2D eigenvalue weighted by atomic mass is 35.5. The lowest BCUT2D eigenvalue weighted by atomic mass is 10.3. The van der Waals surface area contributed by atoms with Gasteiger partial charge in [0.25, 0.3) is 0 Å². The van der Waals surface area contributed by atoms with E-state index in [0.717, 1.165) is 15.6 Å². The quantitative estimate of drug-likeness (QED) is 0.930. The first kappa shape index (κ1) is 12.0. The molecule has 0 amide bonds. The first-order chi connectivity index (χ1) is 8.06. The average molecular weight is 269 g/mol. The molecule has 0 aliphatic heterocycles. The second-order valence-corrected chi connectivity index (χ2v) is 4.98. The topological polar surface area (TPSA) is 63.1 Å². The molecule has 2 heterocycles. The first-order valence-electron chi connectivity index (χ1n) is 4.86. The summed E-state index contributed by atoms with van der Waals surface area (Å²) in [5, 5.41) is 10.0. The van der Waals surface area contributed by atoms with Gasteiger partial charge in [0.15, 0.2) is 0 Å². The van der Waals surface area contributed by atoms with Crippen molar-refractivity contribution in [2.24, 2.45) is 0 Å². The van der Waals surface area contributed by atoms with Crippen LogP contribution in [0.1, 0.15) is 10.6 Å². The largest absolute Gasteiger partial charge is 0.481 e. The number of hydrogen-bond donors (Lipinski definition) is 1. The van der Waals surface area contributed by atoms with Crippen LogP contribution in [0.3, 0.4) is 0 Å². The SMILES string of the molecule is Cc1nc(-c2ccc(Cl)cn2)sc1CC(=O)O. The smallest absolute Gasteiger partial charge is 0.308 e. The standard InChI is InChI=1S/C11H9ClN2O2S/c1-6-9(4-10(15)16)17-11(14-6)8-3-2-7(12)5-13-8/h2-3,5H,4H2,1H3,(H,15,16). The van der Waals surface area contributed by atoms with Crippen LogP contribution in [0.15, 0.2) is 18.3 Å². The number of aliphatic carboxylic acids is 1. The van der Waals surface area contributed by atoms with Gasteiger partial charge < -0.3 is 5.11 Å². The fourth-order valence-electron chi connectivity index (χ4n) is 1.34. The molecule has 2 rings (SSSR count). The van der Waals surface area contributed by atoms with Crippen LogP contribution in [0.5, 0.6) is 0 Å². The highest BCUT2D eigenvalue weighted by Gasteiger charge is 2.12. The Bertz CT molecular complexity index is 551. The van der Waals surface area contributed by atoms with E-state index in [4.69, 9.17) is 16.7 Å². The monoisotopic (exact) mass is 268 g/mol. The van der Waals surface area contributed by atoms with Gasteiger partial charge in [-0.05, 0) is 19.1 Å². The van der Waals surface area contributed by atoms with Gasteiger partial charge in [-0.25, -0.2) is 4.98 Å². The van der Waals surface area contributed by atoms with E-state index >= 15 is 0 Å². The van der Waals surface area contributed by atoms with E-state index in [0.29, 0.717) is 10.7 Å². The minimum absolute atomic E-state index is 0.00289. The van der Waals surface area contributed by atoms with Crippen molar-refractivity contribution in [1.29, 1.82) is 0 Å². The normalized spacial score (nSPS) is 10.5. The Balaban J connectivity index is 2.34. The van der Waals surface area contributed by atoms with Gasteiger partial charge in [-0.15, -0.1) is 11.3 Å². The van der Waals surface area contributed by atoms with Crippen LogP contribution in [0.4, 0.5) is 0 Å². The van der Waals surface area contributed by atoms with Gasteiger partial charge >= 0.3 is 5.97 Å². The molecule has 0 atom stereocenters. The van der Waals surface area contributed by atoms with Crippen LogP contribution in [-0.2, 0) is 11.2 Å². The molecule has 0 spiro atoms. The highest BCUT2D eigenvalue weighted by Crippen LogP contribution is 2.27. The van der Waals surface area contributed by atoms with Gasteiger partial charge in [-0.3, -0.25) is 9.78 Å². The molecular weight excluding hydrogens is 260 g/mol. The van der Waals surface area contributed by atoms with Crippen LogP contribution in [0.2, 0.25) is 5.02 Å². The fraction of sp³-hybridized carbons (Fsp3) is 0.182. The van der Waals surface area contributed by atoms with Crippen LogP contribution >= 0.6 is 22.9 Å². The molecule has 4 nitrogen and oxygen atoms in total. The maximum absolute atomic E-state index is 10.7. The zero-order valence-corrected chi connectivity index (χ0v) is 10.5. The maximum atomic E-state index is 10.7. The molecule has 2 aromatic heterocycles. The molecular formula is C11H9ClN2O2S. The number of halogens is 1. The first-order valence-corrected chi connectivity index (χ1v) is 6.05. The Kier molecular flexibility index (Phi) is 3.40. The van der Waals surface area contributed by atoms with Crippen LogP contribution in [0.25, 0.3) is 10.7 Å². The predicted molar refractivity (Wildman–Crippen MR) is 66.4 cm³/mol. The van der Waals surface area contributed by atoms with Crippen molar-refractivity contribution < 1.29 is 9.90 Å². The minimum Gasteiger partial charge on any atom is -0.481 e. The molecule has 0 bridgehead atoms. The van der Waals surface area contributed by atoms with Gasteiger partial charge in [0.1, 0.15) is 5.01 Å². The summed E-state index contributed by atoms with van der Waals surface area (Å²) in [4.78, 5) is 19.9. The van der Waals surface area contributed by atoms with Crippen molar-refractivity contribution in [2.75, 3.05) is 0 Å². The van der Waals surface area contributed by atoms with Crippen molar-refractivity contribution in [3.05, 3.63) is 33.9 Å². The van der Waals surface area contributed by atoms with Gasteiger partial charge in [0, 0.05) is 11.1 Å². The molecule has 6 heteroatoms. The van der Waals surface area contributed by atoms with Gasteiger partial charge in [-0.1, -0.05) is 11.6 Å². The Morgan fingerprint density at radius 3 is 2.88 bits per heavy atom. The summed E-state index contributed by atoms with van der Waals surface area (Å²) in [6.45, 7) is 1.80. The van der Waals surface area contributed by atoms with Crippen molar-refractivity contribution in [1.82, 2.24) is 9.97 Å². The average Bonchev–Trinajstić information content (AvgIpc) is 2.60. The summed E-state index contributed by atoms with van der Waals surface area (Å²) < 4.78 is 0. The number of carboxylic acids is 1. The van der Waals surface area contributed by atoms with E-state index in [9.17, 15) is 4.79 Å². The van der Waals surface area contributed by atoms with Crippen LogP contribution in [-0.4, -0.2) is 21.0 Å². The maximum Gasteiger partial charge on any atom is 0.308 e. The molecule has 0 saturated carbocycles. The molecule has 0 aliphatic carbocycles. The van der Waals surface area contributed by atoms with Crippen molar-refractivity contribution >= 4 is 28.9 Å². The lowest BCUT2D eigenvalue weighted by Gasteiger charge is -1.94. The molecule has 0 aliphatic rings. The number of thiazole rings is 1. The molecule has 0 saturated heterocycles. The molecule has 2 aromatic rings. The molecule has 0 radical (unpaired) electrons. The minimum atomic E-state index is -0.854. The van der Waals surface area contributed by atoms with Crippen molar-refractivity contribution in [2.45, 2.75) is 13.3 Å². The second kappa shape index (κ2) is 4.81. The summed E-state index contributed by atoms with van der Waals surface area (Å²) in [7, 11) is 0. The second-order valence-electron chi connectivity index (χ2n) is 3.46. The number of aryl methyl sites for hydroxylation is 1. The van der Waals surface area contributed by atoms with E-state index in [-0.39, 0.29) is 6.42 Å². The van der Waals surface area contributed by atoms with E-state index in [1.165, 1.54) is 11.3 Å². The van der Waals surface area contributed by atoms with E-state index in [2.05, 4.69) is 9.97 Å². The number of carbonyl (C=O) groups is 1. The molecule has 17 heavy (non-hydrogen) atoms. The number of hydrogen-bond acceptors (Lipinski definition) is 4. The zero-order valence-electron chi connectivity index (χ0n) is 8.98. The number of rotatable bonds is 3. The van der Waals surface area contributed by atoms with Crippen LogP contribution in [0, 0.1) is 6.92 Å². The Morgan fingerprint density at radius 1 is 1.53 bits per heavy atom. The summed E-state index contributed by atoms with van der Waals surface area (Å²) in [5.41, 5.74) is 1.45. The van der Waals surface area contributed by atoms with E-state index in [1.807, 2.05) is 0 Å². The third kappa shape index (κ3) is 2.81. The Labute approximate surface area is 107 Å². The number of pyridine rings is 1. The number of aromatic nitrogens is 2. The number of nitrogens with zero attached hydrogens (tertiary/aromatic N) is 2. The summed E-state index contributed by atoms with van der Waals surface area (Å²) in [6.07, 6.45) is 1.54. The van der Waals surface area contributed by atoms with Gasteiger partial charge in [0.05, 0.1) is 22.8 Å². The van der Waals surface area contributed by atoms with Gasteiger partial charge in [-0.2, -0.15) is 0 Å². The Hall–Kier alpha value is -1.46. The van der Waals surface area contributed by atoms with E-state index < -0.39 is 5.97 Å². The summed E-state index contributed by atoms with van der Waals surface area (Å²) >= 11 is 7.10. The molecule has 0 fully saturated rings. The molecule has 0 unspecified atom stereocenters. The fourth-order valence-corrected chi connectivity index (χ4v) is 2.48. The van der Waals surface area contributed by atoms with E-state index in [1.54, 1.807) is 25.3 Å².